The Morgan fingerprint density at radius 3 is 2.53 bits per heavy atom. The second kappa shape index (κ2) is 9.03. The lowest BCUT2D eigenvalue weighted by atomic mass is 10.0. The van der Waals surface area contributed by atoms with E-state index in [9.17, 15) is 9.59 Å². The minimum atomic E-state index is -0.332. The van der Waals surface area contributed by atoms with Gasteiger partial charge in [0.05, 0.1) is 19.8 Å². The van der Waals surface area contributed by atoms with E-state index in [1.165, 1.54) is 28.4 Å². The fourth-order valence-electron chi connectivity index (χ4n) is 4.83. The second-order valence-corrected chi connectivity index (χ2v) is 8.54. The van der Waals surface area contributed by atoms with Gasteiger partial charge in [0.1, 0.15) is 5.82 Å². The normalized spacial score (nSPS) is 21.5. The molecule has 2 aliphatic rings. The molecule has 30 heavy (non-hydrogen) atoms. The molecule has 166 valence electrons. The molecule has 9 nitrogen and oxygen atoms in total. The smallest absolute Gasteiger partial charge is 0.332 e. The average Bonchev–Trinajstić information content (AvgIpc) is 3.14. The average molecular weight is 419 g/mol. The molecular formula is C21H34N6O3. The van der Waals surface area contributed by atoms with Crippen LogP contribution in [0.2, 0.25) is 0 Å². The maximum absolute atomic E-state index is 13.0. The van der Waals surface area contributed by atoms with Gasteiger partial charge >= 0.3 is 5.69 Å². The van der Waals surface area contributed by atoms with E-state index in [1.807, 2.05) is 0 Å². The van der Waals surface area contributed by atoms with Crippen LogP contribution in [0.25, 0.3) is 11.2 Å². The molecule has 4 rings (SSSR count). The quantitative estimate of drug-likeness (QED) is 0.681. The van der Waals surface area contributed by atoms with Crippen LogP contribution in [0.5, 0.6) is 0 Å². The lowest BCUT2D eigenvalue weighted by Gasteiger charge is -2.35. The zero-order valence-electron chi connectivity index (χ0n) is 18.5. The topological polar surface area (TPSA) is 77.5 Å². The van der Waals surface area contributed by atoms with Gasteiger partial charge in [-0.2, -0.15) is 0 Å². The highest BCUT2D eigenvalue weighted by molar-refractivity contribution is 5.71. The predicted molar refractivity (Wildman–Crippen MR) is 116 cm³/mol. The number of fused-ring (bicyclic) bond motifs is 1. The van der Waals surface area contributed by atoms with Crippen LogP contribution < -0.4 is 11.2 Å². The SMILES string of the molecule is CC[C@H]1CCCCN1Cc1nc2c(c(=O)n(C)c(=O)n2C)n1CCN1CCOCC1. The van der Waals surface area contributed by atoms with Crippen molar-refractivity contribution in [1.82, 2.24) is 28.5 Å². The zero-order chi connectivity index (χ0) is 21.3. The van der Waals surface area contributed by atoms with Crippen LogP contribution in [0.3, 0.4) is 0 Å². The van der Waals surface area contributed by atoms with Gasteiger partial charge in [-0.1, -0.05) is 13.3 Å². The third kappa shape index (κ3) is 3.98. The number of piperidine rings is 1. The van der Waals surface area contributed by atoms with Gasteiger partial charge < -0.3 is 9.30 Å². The highest BCUT2D eigenvalue weighted by Gasteiger charge is 2.25. The van der Waals surface area contributed by atoms with Crippen LogP contribution in [-0.4, -0.2) is 73.9 Å². The maximum atomic E-state index is 13.0. The number of aryl methyl sites for hydroxylation is 1. The van der Waals surface area contributed by atoms with Crippen molar-refractivity contribution in [3.8, 4) is 0 Å². The summed E-state index contributed by atoms with van der Waals surface area (Å²) in [5.74, 6) is 0.886. The fraction of sp³-hybridized carbons (Fsp3) is 0.762. The third-order valence-electron chi connectivity index (χ3n) is 6.74. The van der Waals surface area contributed by atoms with E-state index in [1.54, 1.807) is 14.1 Å². The van der Waals surface area contributed by atoms with Crippen molar-refractivity contribution in [2.24, 2.45) is 14.1 Å². The standard InChI is InChI=1S/C21H34N6O3/c1-4-16-7-5-6-8-26(16)15-17-22-19-18(20(28)24(3)21(29)23(19)2)27(17)10-9-25-11-13-30-14-12-25/h16H,4-15H2,1-3H3/t16-/m0/s1. The monoisotopic (exact) mass is 418 g/mol. The molecule has 2 aliphatic heterocycles. The van der Waals surface area contributed by atoms with E-state index in [4.69, 9.17) is 9.72 Å². The Labute approximate surface area is 176 Å². The lowest BCUT2D eigenvalue weighted by Crippen LogP contribution is -2.41. The summed E-state index contributed by atoms with van der Waals surface area (Å²) in [6.45, 7) is 8.85. The van der Waals surface area contributed by atoms with Gasteiger partial charge in [-0.15, -0.1) is 0 Å². The number of ether oxygens (including phenoxy) is 1. The summed E-state index contributed by atoms with van der Waals surface area (Å²) in [5, 5.41) is 0. The fourth-order valence-corrected chi connectivity index (χ4v) is 4.83. The summed E-state index contributed by atoms with van der Waals surface area (Å²) >= 11 is 0. The van der Waals surface area contributed by atoms with Crippen molar-refractivity contribution >= 4 is 11.2 Å². The molecule has 0 unspecified atom stereocenters. The summed E-state index contributed by atoms with van der Waals surface area (Å²) in [7, 11) is 3.24. The highest BCUT2D eigenvalue weighted by Crippen LogP contribution is 2.23. The minimum absolute atomic E-state index is 0.264. The molecule has 2 aromatic rings. The van der Waals surface area contributed by atoms with Crippen molar-refractivity contribution in [3.63, 3.8) is 0 Å². The van der Waals surface area contributed by atoms with E-state index in [2.05, 4.69) is 21.3 Å². The van der Waals surface area contributed by atoms with Crippen LogP contribution in [-0.2, 0) is 31.9 Å². The van der Waals surface area contributed by atoms with Crippen LogP contribution in [0, 0.1) is 0 Å². The van der Waals surface area contributed by atoms with Gasteiger partial charge in [-0.3, -0.25) is 23.7 Å². The summed E-state index contributed by atoms with van der Waals surface area (Å²) in [6.07, 6.45) is 4.81. The van der Waals surface area contributed by atoms with Crippen molar-refractivity contribution in [3.05, 3.63) is 26.7 Å². The van der Waals surface area contributed by atoms with Gasteiger partial charge in [0.15, 0.2) is 11.2 Å². The Kier molecular flexibility index (Phi) is 6.40. The molecule has 9 heteroatoms. The summed E-state index contributed by atoms with van der Waals surface area (Å²) in [6, 6.07) is 0.554. The first-order chi connectivity index (χ1) is 14.5. The number of hydrogen-bond acceptors (Lipinski definition) is 6. The van der Waals surface area contributed by atoms with Gasteiger partial charge in [0.2, 0.25) is 0 Å². The summed E-state index contributed by atoms with van der Waals surface area (Å²) < 4.78 is 10.2. The Morgan fingerprint density at radius 1 is 1.03 bits per heavy atom. The second-order valence-electron chi connectivity index (χ2n) is 8.54. The van der Waals surface area contributed by atoms with Crippen LogP contribution in [0.15, 0.2) is 9.59 Å². The minimum Gasteiger partial charge on any atom is -0.379 e. The molecule has 0 spiro atoms. The molecule has 0 radical (unpaired) electrons. The first kappa shape index (κ1) is 21.3. The Hall–Kier alpha value is -1.97. The molecule has 0 N–H and O–H groups in total. The van der Waals surface area contributed by atoms with Gasteiger partial charge in [0.25, 0.3) is 5.56 Å². The molecule has 0 bridgehead atoms. The number of rotatable bonds is 6. The molecule has 2 aromatic heterocycles. The van der Waals surface area contributed by atoms with E-state index in [-0.39, 0.29) is 11.2 Å². The summed E-state index contributed by atoms with van der Waals surface area (Å²) in [4.78, 5) is 35.2. The molecule has 2 fully saturated rings. The zero-order valence-corrected chi connectivity index (χ0v) is 18.5. The Morgan fingerprint density at radius 2 is 1.80 bits per heavy atom. The van der Waals surface area contributed by atoms with E-state index >= 15 is 0 Å². The molecule has 0 aromatic carbocycles. The molecule has 4 heterocycles. The Balaban J connectivity index is 1.73. The number of likely N-dealkylation sites (tertiary alicyclic amines) is 1. The maximum Gasteiger partial charge on any atom is 0.332 e. The summed E-state index contributed by atoms with van der Waals surface area (Å²) in [5.41, 5.74) is 0.429. The van der Waals surface area contributed by atoms with Gasteiger partial charge in [0, 0.05) is 46.3 Å². The molecule has 0 amide bonds. The molecule has 1 atom stereocenters. The molecular weight excluding hydrogens is 384 g/mol. The van der Waals surface area contributed by atoms with E-state index in [0.29, 0.717) is 30.3 Å². The number of hydrogen-bond donors (Lipinski definition) is 0. The highest BCUT2D eigenvalue weighted by atomic mass is 16.5. The van der Waals surface area contributed by atoms with Crippen molar-refractivity contribution in [2.45, 2.75) is 51.7 Å². The number of imidazole rings is 1. The van der Waals surface area contributed by atoms with Crippen molar-refractivity contribution in [2.75, 3.05) is 39.4 Å². The molecule has 0 saturated carbocycles. The number of nitrogens with zero attached hydrogens (tertiary/aromatic N) is 6. The van der Waals surface area contributed by atoms with Crippen LogP contribution >= 0.6 is 0 Å². The van der Waals surface area contributed by atoms with Gasteiger partial charge in [-0.05, 0) is 25.8 Å². The third-order valence-corrected chi connectivity index (χ3v) is 6.74. The number of aromatic nitrogens is 4. The Bertz CT molecular complexity index is 1000. The van der Waals surface area contributed by atoms with Crippen LogP contribution in [0.1, 0.15) is 38.4 Å². The first-order valence-electron chi connectivity index (χ1n) is 11.2. The van der Waals surface area contributed by atoms with E-state index < -0.39 is 0 Å². The predicted octanol–water partition coefficient (Wildman–Crippen LogP) is 0.530. The number of morpholine rings is 1. The van der Waals surface area contributed by atoms with Crippen molar-refractivity contribution < 1.29 is 4.74 Å². The molecule has 0 aliphatic carbocycles. The van der Waals surface area contributed by atoms with E-state index in [0.717, 1.165) is 51.6 Å². The lowest BCUT2D eigenvalue weighted by molar-refractivity contribution is 0.0362. The van der Waals surface area contributed by atoms with Crippen molar-refractivity contribution in [1.29, 1.82) is 0 Å². The first-order valence-corrected chi connectivity index (χ1v) is 11.2. The van der Waals surface area contributed by atoms with Gasteiger partial charge in [-0.25, -0.2) is 9.78 Å². The molecule has 2 saturated heterocycles. The largest absolute Gasteiger partial charge is 0.379 e. The van der Waals surface area contributed by atoms with Crippen LogP contribution in [0.4, 0.5) is 0 Å².